The van der Waals surface area contributed by atoms with Crippen molar-refractivity contribution in [3.63, 3.8) is 0 Å². The fraction of sp³-hybridized carbons (Fsp3) is 0.0274. The smallest absolute Gasteiger partial charge is 0.396 e. The predicted octanol–water partition coefficient (Wildman–Crippen LogP) is 20.5. The van der Waals surface area contributed by atoms with Gasteiger partial charge in [-0.2, -0.15) is 0 Å². The van der Waals surface area contributed by atoms with E-state index in [0.29, 0.717) is 0 Å². The first-order chi connectivity index (χ1) is 41.4. The fourth-order valence-corrected chi connectivity index (χ4v) is 11.5. The number of aromatic nitrogens is 6. The summed E-state index contributed by atoms with van der Waals surface area (Å²) < 4.78 is 6.74. The molecule has 6 nitrogen and oxygen atoms in total. The van der Waals surface area contributed by atoms with Crippen molar-refractivity contribution < 1.29 is 17.1 Å². The van der Waals surface area contributed by atoms with Gasteiger partial charge in [-0.3, -0.25) is 0 Å². The molecule has 3 aromatic heterocycles. The van der Waals surface area contributed by atoms with Crippen molar-refractivity contribution in [1.82, 2.24) is 29.1 Å². The topological polar surface area (TPSA) is 53.5 Å². The van der Waals surface area contributed by atoms with E-state index in [1.54, 1.807) is 0 Å². The summed E-state index contributed by atoms with van der Waals surface area (Å²) in [6.45, 7) is 6.00. The molecule has 15 rings (SSSR count). The summed E-state index contributed by atoms with van der Waals surface area (Å²) in [6.07, 6.45) is 0. The van der Waals surface area contributed by atoms with Gasteiger partial charge in [-0.1, -0.05) is 218 Å². The van der Waals surface area contributed by atoms with E-state index in [-0.39, 0.29) is 27.7 Å². The van der Waals surface area contributed by atoms with Crippen LogP contribution in [-0.4, -0.2) is 46.9 Å². The molecular weight excluding hydrogens is 1180 g/mol. The predicted molar refractivity (Wildman–Crippen MR) is 362 cm³/mol. The first-order valence-electron chi connectivity index (χ1n) is 27.6. The molecule has 0 spiro atoms. The summed E-state index contributed by atoms with van der Waals surface area (Å²) in [5.41, 5.74) is 11.6. The van der Waals surface area contributed by atoms with Crippen LogP contribution in [0.15, 0.2) is 286 Å². The van der Waals surface area contributed by atoms with Gasteiger partial charge in [0, 0.05) is 33.8 Å². The van der Waals surface area contributed by atoms with Crippen molar-refractivity contribution in [3.05, 3.63) is 286 Å². The van der Waals surface area contributed by atoms with Crippen molar-refractivity contribution in [2.75, 3.05) is 10.7 Å². The molecule has 0 aliphatic carbocycles. The van der Waals surface area contributed by atoms with Gasteiger partial charge in [0.25, 0.3) is 0 Å². The Bertz CT molecular complexity index is 4360. The Morgan fingerprint density at radius 3 is 0.647 bits per heavy atom. The van der Waals surface area contributed by atoms with Gasteiger partial charge < -0.3 is 13.8 Å². The maximum Gasteiger partial charge on any atom is 1.00 e. The summed E-state index contributed by atoms with van der Waals surface area (Å²) in [5, 5.41) is 31.9. The third kappa shape index (κ3) is 12.0. The van der Waals surface area contributed by atoms with E-state index in [9.17, 15) is 0 Å². The molecule has 12 heteroatoms. The quantitative estimate of drug-likeness (QED) is 0.0822. The Hall–Kier alpha value is -8.69. The second-order valence-electron chi connectivity index (χ2n) is 20.2. The number of benzene rings is 12. The Balaban J connectivity index is 0.000000796. The average molecular weight is 1230 g/mol. The van der Waals surface area contributed by atoms with E-state index in [0.717, 1.165) is 99.9 Å². The normalized spacial score (nSPS) is 11.0. The molecule has 0 atom stereocenters. The molecule has 0 radical (unpaired) electrons. The van der Waals surface area contributed by atoms with E-state index in [2.05, 4.69) is 300 Å². The van der Waals surface area contributed by atoms with Crippen molar-refractivity contribution >= 4 is 118 Å². The van der Waals surface area contributed by atoms with Crippen molar-refractivity contribution in [2.24, 2.45) is 0 Å². The molecule has 85 heavy (non-hydrogen) atoms. The SMILES string of the molecule is C=C.ClCCl.ClCCl.[Cu+].c1ccc2cc(-c3cc(-c4ccc5ccccc5c4)n([BH-](n4nc(-c5ccc6ccccc6c5)cc4-c4ccc5ccccc5c4)n4nc(-c5ccc6ccccc6c5)cc4-c4ccc5ccccc5c4)n3)ccc2c1. The molecule has 12 aromatic carbocycles. The summed E-state index contributed by atoms with van der Waals surface area (Å²) >= 11 is 19.1. The Labute approximate surface area is 524 Å². The van der Waals surface area contributed by atoms with Gasteiger partial charge in [0.1, 0.15) is 0 Å². The maximum atomic E-state index is 5.84. The third-order valence-electron chi connectivity index (χ3n) is 15.4. The minimum absolute atomic E-state index is 0. The van der Waals surface area contributed by atoms with Crippen LogP contribution >= 0.6 is 46.4 Å². The second-order valence-corrected chi connectivity index (χ2v) is 21.9. The Kier molecular flexibility index (Phi) is 18.1. The van der Waals surface area contributed by atoms with Gasteiger partial charge in [0.15, 0.2) is 0 Å². The van der Waals surface area contributed by atoms with Gasteiger partial charge in [-0.25, -0.2) is 15.3 Å². The Morgan fingerprint density at radius 2 is 0.435 bits per heavy atom. The summed E-state index contributed by atoms with van der Waals surface area (Å²) in [4.78, 5) is 0. The number of hydrogen-bond donors (Lipinski definition) is 0. The molecule has 0 N–H and O–H groups in total. The fourth-order valence-electron chi connectivity index (χ4n) is 11.5. The number of rotatable bonds is 9. The summed E-state index contributed by atoms with van der Waals surface area (Å²) in [6, 6.07) is 98.3. The van der Waals surface area contributed by atoms with Crippen LogP contribution in [0.25, 0.3) is 132 Å². The standard InChI is InChI=1S/C69H46BN6.C2H4.2CH2Cl2.Cu/c1-7-19-52-37-58(31-25-46(52)13-1)64-43-67(61-34-28-49-16-4-10-22-55(49)40-61)74(71-64)70(75-68(62-35-29-50-17-5-11-23-56(50)41-62)44-65(72-75)59-32-26-47-14-2-8-20-53(47)38-59)76-69(63-36-30-51-18-6-12-24-57(51)42-63)45-66(73-76)60-33-27-48-15-3-9-21-54(48)39-60;1-2;2*2-1-3;/h1-45,70H;1-2H2;2*1H2;/q-1;;;;+1. The molecule has 0 amide bonds. The molecule has 418 valence electrons. The zero-order valence-corrected chi connectivity index (χ0v) is 50.0. The van der Waals surface area contributed by atoms with Gasteiger partial charge in [-0.05, 0) is 136 Å². The largest absolute Gasteiger partial charge is 1.00 e. The van der Waals surface area contributed by atoms with E-state index in [1.165, 1.54) is 32.3 Å². The molecular formula is C73H54BCl4CuN6. The van der Waals surface area contributed by atoms with Crippen molar-refractivity contribution in [2.45, 2.75) is 0 Å². The van der Waals surface area contributed by atoms with E-state index in [1.807, 2.05) is 0 Å². The number of hydrogen-bond acceptors (Lipinski definition) is 3. The average Bonchev–Trinajstić information content (AvgIpc) is 2.01. The number of alkyl halides is 4. The summed E-state index contributed by atoms with van der Waals surface area (Å²) in [7, 11) is -2.22. The van der Waals surface area contributed by atoms with Crippen LogP contribution < -0.4 is 0 Å². The monoisotopic (exact) mass is 1230 g/mol. The van der Waals surface area contributed by atoms with Gasteiger partial charge in [-0.15, -0.1) is 59.6 Å². The molecule has 15 aromatic rings. The maximum absolute atomic E-state index is 5.84. The molecule has 0 fully saturated rings. The molecule has 0 saturated carbocycles. The van der Waals surface area contributed by atoms with Gasteiger partial charge >= 0.3 is 24.2 Å². The minimum atomic E-state index is -2.22. The first-order valence-corrected chi connectivity index (χ1v) is 29.7. The zero-order chi connectivity index (χ0) is 57.5. The number of halogens is 4. The molecule has 3 heterocycles. The van der Waals surface area contributed by atoms with Crippen molar-refractivity contribution in [3.8, 4) is 67.5 Å². The van der Waals surface area contributed by atoms with Crippen LogP contribution in [-0.2, 0) is 17.1 Å². The van der Waals surface area contributed by atoms with E-state index < -0.39 is 7.12 Å². The number of nitrogens with zero attached hydrogens (tertiary/aromatic N) is 6. The molecule has 0 bridgehead atoms. The minimum Gasteiger partial charge on any atom is -0.396 e. The van der Waals surface area contributed by atoms with Gasteiger partial charge in [0.05, 0.1) is 27.8 Å². The molecule has 0 unspecified atom stereocenters. The van der Waals surface area contributed by atoms with Crippen LogP contribution in [0.5, 0.6) is 0 Å². The zero-order valence-electron chi connectivity index (χ0n) is 46.0. The Morgan fingerprint density at radius 1 is 0.259 bits per heavy atom. The van der Waals surface area contributed by atoms with E-state index >= 15 is 0 Å². The van der Waals surface area contributed by atoms with Crippen LogP contribution in [0, 0.1) is 0 Å². The van der Waals surface area contributed by atoms with Crippen LogP contribution in [0.3, 0.4) is 0 Å². The first kappa shape index (κ1) is 58.1. The van der Waals surface area contributed by atoms with Crippen LogP contribution in [0.1, 0.15) is 0 Å². The molecule has 0 aliphatic heterocycles. The van der Waals surface area contributed by atoms with Crippen LogP contribution in [0.2, 0.25) is 0 Å². The summed E-state index contributed by atoms with van der Waals surface area (Å²) in [5.74, 6) is 0. The molecule has 0 aliphatic rings. The molecule has 0 saturated heterocycles. The van der Waals surface area contributed by atoms with E-state index in [4.69, 9.17) is 61.7 Å². The number of fused-ring (bicyclic) bond motifs is 6. The second kappa shape index (κ2) is 26.5. The van der Waals surface area contributed by atoms with Crippen molar-refractivity contribution in [1.29, 1.82) is 0 Å². The van der Waals surface area contributed by atoms with Crippen LogP contribution in [0.4, 0.5) is 0 Å². The third-order valence-corrected chi connectivity index (χ3v) is 15.4. The van der Waals surface area contributed by atoms with Gasteiger partial charge in [0.2, 0.25) is 0 Å².